The predicted molar refractivity (Wildman–Crippen MR) is 99.3 cm³/mol. The van der Waals surface area contributed by atoms with Gasteiger partial charge in [0, 0.05) is 12.1 Å². The van der Waals surface area contributed by atoms with Crippen LogP contribution in [0.4, 0.5) is 5.69 Å². The van der Waals surface area contributed by atoms with Crippen LogP contribution >= 0.6 is 0 Å². The van der Waals surface area contributed by atoms with Crippen LogP contribution in [0, 0.1) is 13.8 Å². The zero-order valence-corrected chi connectivity index (χ0v) is 14.8. The van der Waals surface area contributed by atoms with Gasteiger partial charge >= 0.3 is 5.97 Å². The highest BCUT2D eigenvalue weighted by molar-refractivity contribution is 5.95. The molecule has 6 nitrogen and oxygen atoms in total. The van der Waals surface area contributed by atoms with Gasteiger partial charge < -0.3 is 15.7 Å². The summed E-state index contributed by atoms with van der Waals surface area (Å²) < 4.78 is 0. The SMILES string of the molecule is Cc1cccc(C)c1NC(=O)CNC(=O)CCc1ccc(C(=O)O)cc1. The molecule has 0 spiro atoms. The molecule has 0 aliphatic carbocycles. The van der Waals surface area contributed by atoms with Crippen molar-refractivity contribution in [1.82, 2.24) is 5.32 Å². The van der Waals surface area contributed by atoms with Crippen LogP contribution in [0.15, 0.2) is 42.5 Å². The quantitative estimate of drug-likeness (QED) is 0.712. The fraction of sp³-hybridized carbons (Fsp3) is 0.250. The molecule has 0 bridgehead atoms. The van der Waals surface area contributed by atoms with Gasteiger partial charge in [0.15, 0.2) is 0 Å². The lowest BCUT2D eigenvalue weighted by molar-refractivity contribution is -0.124. The summed E-state index contributed by atoms with van der Waals surface area (Å²) in [6.07, 6.45) is 0.702. The molecule has 0 unspecified atom stereocenters. The van der Waals surface area contributed by atoms with Crippen molar-refractivity contribution in [3.05, 3.63) is 64.7 Å². The van der Waals surface area contributed by atoms with Gasteiger partial charge in [0.05, 0.1) is 12.1 Å². The molecule has 6 heteroatoms. The molecule has 0 aliphatic rings. The summed E-state index contributed by atoms with van der Waals surface area (Å²) in [5, 5.41) is 14.3. The standard InChI is InChI=1S/C20H22N2O4/c1-13-4-3-5-14(2)19(13)22-18(24)12-21-17(23)11-8-15-6-9-16(10-7-15)20(25)26/h3-7,9-10H,8,11-12H2,1-2H3,(H,21,23)(H,22,24)(H,25,26). The smallest absolute Gasteiger partial charge is 0.335 e. The number of aromatic carboxylic acids is 1. The zero-order chi connectivity index (χ0) is 19.1. The first-order valence-corrected chi connectivity index (χ1v) is 8.32. The average molecular weight is 354 g/mol. The van der Waals surface area contributed by atoms with E-state index in [0.29, 0.717) is 6.42 Å². The first-order valence-electron chi connectivity index (χ1n) is 8.32. The summed E-state index contributed by atoms with van der Waals surface area (Å²) in [4.78, 5) is 34.7. The molecule has 0 heterocycles. The third kappa shape index (κ3) is 5.44. The lowest BCUT2D eigenvalue weighted by Gasteiger charge is -2.12. The number of aryl methyl sites for hydroxylation is 3. The van der Waals surface area contributed by atoms with Crippen LogP contribution in [0.25, 0.3) is 0 Å². The van der Waals surface area contributed by atoms with Gasteiger partial charge in [-0.2, -0.15) is 0 Å². The maximum absolute atomic E-state index is 12.0. The Labute approximate surface area is 152 Å². The number of hydrogen-bond donors (Lipinski definition) is 3. The van der Waals surface area contributed by atoms with Gasteiger partial charge in [-0.25, -0.2) is 4.79 Å². The molecule has 2 aromatic rings. The van der Waals surface area contributed by atoms with E-state index in [0.717, 1.165) is 22.4 Å². The van der Waals surface area contributed by atoms with Gasteiger partial charge in [0.25, 0.3) is 0 Å². The zero-order valence-electron chi connectivity index (χ0n) is 14.8. The number of nitrogens with one attached hydrogen (secondary N) is 2. The Balaban J connectivity index is 1.77. The lowest BCUT2D eigenvalue weighted by Crippen LogP contribution is -2.33. The minimum Gasteiger partial charge on any atom is -0.478 e. The number of hydrogen-bond acceptors (Lipinski definition) is 3. The maximum Gasteiger partial charge on any atom is 0.335 e. The normalized spacial score (nSPS) is 10.2. The van der Waals surface area contributed by atoms with Gasteiger partial charge in [-0.3, -0.25) is 9.59 Å². The summed E-state index contributed by atoms with van der Waals surface area (Å²) in [7, 11) is 0. The summed E-state index contributed by atoms with van der Waals surface area (Å²) in [5.41, 5.74) is 3.78. The maximum atomic E-state index is 12.0. The van der Waals surface area contributed by atoms with Crippen LogP contribution in [-0.2, 0) is 16.0 Å². The molecule has 136 valence electrons. The summed E-state index contributed by atoms with van der Waals surface area (Å²) in [6, 6.07) is 12.1. The highest BCUT2D eigenvalue weighted by atomic mass is 16.4. The van der Waals surface area contributed by atoms with Crippen molar-refractivity contribution in [3.63, 3.8) is 0 Å². The van der Waals surface area contributed by atoms with E-state index >= 15 is 0 Å². The van der Waals surface area contributed by atoms with E-state index in [9.17, 15) is 14.4 Å². The van der Waals surface area contributed by atoms with Crippen LogP contribution in [-0.4, -0.2) is 29.4 Å². The number of carboxylic acid groups (broad SMARTS) is 1. The average Bonchev–Trinajstić information content (AvgIpc) is 2.61. The fourth-order valence-electron chi connectivity index (χ4n) is 2.53. The van der Waals surface area contributed by atoms with Crippen LogP contribution in [0.3, 0.4) is 0 Å². The minimum absolute atomic E-state index is 0.0927. The third-order valence-corrected chi connectivity index (χ3v) is 4.03. The largest absolute Gasteiger partial charge is 0.478 e. The first-order chi connectivity index (χ1) is 12.4. The summed E-state index contributed by atoms with van der Waals surface area (Å²) >= 11 is 0. The molecule has 2 rings (SSSR count). The number of carbonyl (C=O) groups is 3. The van der Waals surface area contributed by atoms with Gasteiger partial charge in [0.2, 0.25) is 11.8 Å². The molecular formula is C20H22N2O4. The molecule has 0 atom stereocenters. The molecule has 0 aliphatic heterocycles. The van der Waals surface area contributed by atoms with Gasteiger partial charge in [0.1, 0.15) is 0 Å². The van der Waals surface area contributed by atoms with Crippen molar-refractivity contribution in [2.75, 3.05) is 11.9 Å². The van der Waals surface area contributed by atoms with Gasteiger partial charge in [-0.05, 0) is 49.1 Å². The molecular weight excluding hydrogens is 332 g/mol. The molecule has 2 amide bonds. The number of para-hydroxylation sites is 1. The molecule has 3 N–H and O–H groups in total. The number of anilines is 1. The second kappa shape index (κ2) is 8.80. The van der Waals surface area contributed by atoms with E-state index < -0.39 is 5.97 Å². The number of benzene rings is 2. The van der Waals surface area contributed by atoms with Crippen LogP contribution in [0.2, 0.25) is 0 Å². The Hall–Kier alpha value is -3.15. The van der Waals surface area contributed by atoms with Crippen molar-refractivity contribution in [1.29, 1.82) is 0 Å². The van der Waals surface area contributed by atoms with Crippen LogP contribution in [0.5, 0.6) is 0 Å². The van der Waals surface area contributed by atoms with E-state index in [1.165, 1.54) is 12.1 Å². The monoisotopic (exact) mass is 354 g/mol. The Morgan fingerprint density at radius 2 is 1.54 bits per heavy atom. The van der Waals surface area contributed by atoms with E-state index in [2.05, 4.69) is 10.6 Å². The molecule has 0 saturated heterocycles. The Morgan fingerprint density at radius 1 is 0.923 bits per heavy atom. The van der Waals surface area contributed by atoms with Crippen molar-refractivity contribution in [2.45, 2.75) is 26.7 Å². The fourth-order valence-corrected chi connectivity index (χ4v) is 2.53. The van der Waals surface area contributed by atoms with Gasteiger partial charge in [-0.1, -0.05) is 30.3 Å². The van der Waals surface area contributed by atoms with E-state index in [1.54, 1.807) is 12.1 Å². The number of carbonyl (C=O) groups excluding carboxylic acids is 2. The van der Waals surface area contributed by atoms with E-state index in [1.807, 2.05) is 32.0 Å². The Kier molecular flexibility index (Phi) is 6.49. The Morgan fingerprint density at radius 3 is 2.12 bits per heavy atom. The van der Waals surface area contributed by atoms with Crippen molar-refractivity contribution in [2.24, 2.45) is 0 Å². The second-order valence-corrected chi connectivity index (χ2v) is 6.09. The summed E-state index contributed by atoms with van der Waals surface area (Å²) in [5.74, 6) is -1.49. The van der Waals surface area contributed by atoms with E-state index in [-0.39, 0.29) is 30.3 Å². The molecule has 0 aromatic heterocycles. The number of amides is 2. The molecule has 0 fully saturated rings. The summed E-state index contributed by atoms with van der Waals surface area (Å²) in [6.45, 7) is 3.73. The highest BCUT2D eigenvalue weighted by Crippen LogP contribution is 2.19. The van der Waals surface area contributed by atoms with Crippen molar-refractivity contribution < 1.29 is 19.5 Å². The molecule has 0 saturated carbocycles. The van der Waals surface area contributed by atoms with Crippen LogP contribution in [0.1, 0.15) is 33.5 Å². The minimum atomic E-state index is -0.982. The van der Waals surface area contributed by atoms with Crippen molar-refractivity contribution >= 4 is 23.5 Å². The second-order valence-electron chi connectivity index (χ2n) is 6.09. The topological polar surface area (TPSA) is 95.5 Å². The van der Waals surface area contributed by atoms with Crippen LogP contribution < -0.4 is 10.6 Å². The first kappa shape index (κ1) is 19.2. The highest BCUT2D eigenvalue weighted by Gasteiger charge is 2.09. The molecule has 2 aromatic carbocycles. The molecule has 26 heavy (non-hydrogen) atoms. The third-order valence-electron chi connectivity index (χ3n) is 4.03. The molecule has 0 radical (unpaired) electrons. The number of carboxylic acids is 1. The van der Waals surface area contributed by atoms with Gasteiger partial charge in [-0.15, -0.1) is 0 Å². The van der Waals surface area contributed by atoms with E-state index in [4.69, 9.17) is 5.11 Å². The predicted octanol–water partition coefficient (Wildman–Crippen LogP) is 2.69. The lowest BCUT2D eigenvalue weighted by atomic mass is 10.1. The Bertz CT molecular complexity index is 793. The number of rotatable bonds is 7. The van der Waals surface area contributed by atoms with Crippen molar-refractivity contribution in [3.8, 4) is 0 Å².